The first-order valence-electron chi connectivity index (χ1n) is 7.33. The Bertz CT molecular complexity index is 361. The van der Waals surface area contributed by atoms with Crippen LogP contribution in [0.5, 0.6) is 0 Å². The van der Waals surface area contributed by atoms with Crippen LogP contribution >= 0.6 is 11.8 Å². The van der Waals surface area contributed by atoms with Gasteiger partial charge in [0.15, 0.2) is 0 Å². The number of hydrogen-bond donors (Lipinski definition) is 1. The average Bonchev–Trinajstić information content (AvgIpc) is 3.19. The SMILES string of the molecule is c1ccc(SCCC2CCC2CNC2CC2)cc1. The standard InChI is InChI=1S/C16H23NS/c1-2-4-16(5-3-1)18-11-10-13-6-7-14(13)12-17-15-8-9-15/h1-5,13-15,17H,6-12H2. The summed E-state index contributed by atoms with van der Waals surface area (Å²) in [6.45, 7) is 1.28. The van der Waals surface area contributed by atoms with Crippen molar-refractivity contribution in [2.24, 2.45) is 11.8 Å². The monoisotopic (exact) mass is 261 g/mol. The molecule has 1 aromatic rings. The molecule has 3 rings (SSSR count). The number of nitrogens with one attached hydrogen (secondary N) is 1. The molecule has 0 amide bonds. The lowest BCUT2D eigenvalue weighted by atomic mass is 9.72. The summed E-state index contributed by atoms with van der Waals surface area (Å²) in [6.07, 6.45) is 7.16. The maximum atomic E-state index is 3.69. The van der Waals surface area contributed by atoms with Gasteiger partial charge in [0.25, 0.3) is 0 Å². The van der Waals surface area contributed by atoms with Gasteiger partial charge in [-0.15, -0.1) is 11.8 Å². The van der Waals surface area contributed by atoms with Crippen molar-refractivity contribution in [2.75, 3.05) is 12.3 Å². The summed E-state index contributed by atoms with van der Waals surface area (Å²) in [4.78, 5) is 1.42. The molecular weight excluding hydrogens is 238 g/mol. The van der Waals surface area contributed by atoms with Gasteiger partial charge in [0.2, 0.25) is 0 Å². The van der Waals surface area contributed by atoms with Gasteiger partial charge in [-0.1, -0.05) is 18.2 Å². The average molecular weight is 261 g/mol. The molecule has 0 radical (unpaired) electrons. The minimum Gasteiger partial charge on any atom is -0.314 e. The van der Waals surface area contributed by atoms with Crippen molar-refractivity contribution in [3.05, 3.63) is 30.3 Å². The number of hydrogen-bond acceptors (Lipinski definition) is 2. The van der Waals surface area contributed by atoms with Crippen LogP contribution in [0.2, 0.25) is 0 Å². The zero-order chi connectivity index (χ0) is 12.2. The van der Waals surface area contributed by atoms with E-state index in [1.807, 2.05) is 11.8 Å². The molecule has 2 fully saturated rings. The summed E-state index contributed by atoms with van der Waals surface area (Å²) < 4.78 is 0. The smallest absolute Gasteiger partial charge is 0.00719 e. The molecule has 1 aromatic carbocycles. The molecule has 2 saturated carbocycles. The summed E-state index contributed by atoms with van der Waals surface area (Å²) >= 11 is 2.02. The van der Waals surface area contributed by atoms with Crippen molar-refractivity contribution in [2.45, 2.75) is 43.0 Å². The molecule has 0 aromatic heterocycles. The van der Waals surface area contributed by atoms with E-state index in [1.165, 1.54) is 49.3 Å². The lowest BCUT2D eigenvalue weighted by Gasteiger charge is -2.37. The minimum atomic E-state index is 0.880. The highest BCUT2D eigenvalue weighted by atomic mass is 32.2. The van der Waals surface area contributed by atoms with Gasteiger partial charge in [0.1, 0.15) is 0 Å². The summed E-state index contributed by atoms with van der Waals surface area (Å²) in [5.74, 6) is 3.25. The van der Waals surface area contributed by atoms with E-state index in [4.69, 9.17) is 0 Å². The Hall–Kier alpha value is -0.470. The molecule has 0 spiro atoms. The fraction of sp³-hybridized carbons (Fsp3) is 0.625. The third kappa shape index (κ3) is 3.52. The van der Waals surface area contributed by atoms with Crippen LogP contribution < -0.4 is 5.32 Å². The van der Waals surface area contributed by atoms with E-state index < -0.39 is 0 Å². The number of benzene rings is 1. The van der Waals surface area contributed by atoms with E-state index in [0.717, 1.165) is 17.9 Å². The van der Waals surface area contributed by atoms with Crippen LogP contribution in [0.15, 0.2) is 35.2 Å². The number of thioether (sulfide) groups is 1. The van der Waals surface area contributed by atoms with E-state index in [0.29, 0.717) is 0 Å². The Morgan fingerprint density at radius 3 is 2.44 bits per heavy atom. The van der Waals surface area contributed by atoms with Gasteiger partial charge in [-0.3, -0.25) is 0 Å². The molecule has 2 unspecified atom stereocenters. The fourth-order valence-electron chi connectivity index (χ4n) is 2.74. The summed E-state index contributed by atoms with van der Waals surface area (Å²) in [6, 6.07) is 11.7. The highest BCUT2D eigenvalue weighted by Crippen LogP contribution is 2.38. The summed E-state index contributed by atoms with van der Waals surface area (Å²) in [5.41, 5.74) is 0. The first kappa shape index (κ1) is 12.6. The molecule has 0 heterocycles. The van der Waals surface area contributed by atoms with Gasteiger partial charge in [0, 0.05) is 10.9 Å². The third-order valence-electron chi connectivity index (χ3n) is 4.32. The molecule has 98 valence electrons. The Morgan fingerprint density at radius 1 is 1.00 bits per heavy atom. The molecule has 2 atom stereocenters. The normalized spacial score (nSPS) is 26.9. The molecule has 0 saturated heterocycles. The zero-order valence-electron chi connectivity index (χ0n) is 11.0. The maximum Gasteiger partial charge on any atom is 0.00719 e. The largest absolute Gasteiger partial charge is 0.314 e. The lowest BCUT2D eigenvalue weighted by molar-refractivity contribution is 0.167. The van der Waals surface area contributed by atoms with Gasteiger partial charge < -0.3 is 5.32 Å². The second-order valence-corrected chi connectivity index (χ2v) is 6.90. The maximum absolute atomic E-state index is 3.69. The van der Waals surface area contributed by atoms with Crippen LogP contribution in [0.25, 0.3) is 0 Å². The molecule has 2 heteroatoms. The fourth-order valence-corrected chi connectivity index (χ4v) is 3.74. The van der Waals surface area contributed by atoms with Crippen LogP contribution in [0.4, 0.5) is 0 Å². The molecule has 0 bridgehead atoms. The van der Waals surface area contributed by atoms with E-state index in [9.17, 15) is 0 Å². The van der Waals surface area contributed by atoms with Crippen molar-refractivity contribution in [3.8, 4) is 0 Å². The van der Waals surface area contributed by atoms with Crippen molar-refractivity contribution >= 4 is 11.8 Å². The van der Waals surface area contributed by atoms with Crippen molar-refractivity contribution in [1.29, 1.82) is 0 Å². The molecule has 1 nitrogen and oxygen atoms in total. The van der Waals surface area contributed by atoms with E-state index in [2.05, 4.69) is 35.6 Å². The van der Waals surface area contributed by atoms with E-state index in [1.54, 1.807) is 0 Å². The van der Waals surface area contributed by atoms with Gasteiger partial charge in [0.05, 0.1) is 0 Å². The molecule has 1 N–H and O–H groups in total. The topological polar surface area (TPSA) is 12.0 Å². The van der Waals surface area contributed by atoms with Gasteiger partial charge in [-0.25, -0.2) is 0 Å². The Labute approximate surface area is 115 Å². The van der Waals surface area contributed by atoms with Gasteiger partial charge in [-0.05, 0) is 68.4 Å². The second kappa shape index (κ2) is 6.12. The van der Waals surface area contributed by atoms with Crippen LogP contribution in [-0.2, 0) is 0 Å². The first-order chi connectivity index (χ1) is 8.92. The van der Waals surface area contributed by atoms with Gasteiger partial charge in [-0.2, -0.15) is 0 Å². The Morgan fingerprint density at radius 2 is 1.78 bits per heavy atom. The van der Waals surface area contributed by atoms with Crippen LogP contribution in [0.3, 0.4) is 0 Å². The first-order valence-corrected chi connectivity index (χ1v) is 8.31. The third-order valence-corrected chi connectivity index (χ3v) is 5.37. The predicted octanol–water partition coefficient (Wildman–Crippen LogP) is 3.95. The highest BCUT2D eigenvalue weighted by Gasteiger charge is 2.31. The molecular formula is C16H23NS. The van der Waals surface area contributed by atoms with Crippen molar-refractivity contribution in [3.63, 3.8) is 0 Å². The lowest BCUT2D eigenvalue weighted by Crippen LogP contribution is -2.36. The van der Waals surface area contributed by atoms with Crippen molar-refractivity contribution in [1.82, 2.24) is 5.32 Å². The molecule has 18 heavy (non-hydrogen) atoms. The predicted molar refractivity (Wildman–Crippen MR) is 79.0 cm³/mol. The van der Waals surface area contributed by atoms with E-state index in [-0.39, 0.29) is 0 Å². The van der Waals surface area contributed by atoms with Crippen LogP contribution in [0.1, 0.15) is 32.1 Å². The van der Waals surface area contributed by atoms with Gasteiger partial charge >= 0.3 is 0 Å². The molecule has 0 aliphatic heterocycles. The second-order valence-electron chi connectivity index (χ2n) is 5.73. The number of rotatable bonds is 7. The zero-order valence-corrected chi connectivity index (χ0v) is 11.8. The van der Waals surface area contributed by atoms with Crippen LogP contribution in [-0.4, -0.2) is 18.3 Å². The quantitative estimate of drug-likeness (QED) is 0.746. The Kier molecular flexibility index (Phi) is 4.27. The van der Waals surface area contributed by atoms with Crippen molar-refractivity contribution < 1.29 is 0 Å². The molecule has 2 aliphatic rings. The highest BCUT2D eigenvalue weighted by molar-refractivity contribution is 7.99. The molecule has 2 aliphatic carbocycles. The Balaban J connectivity index is 1.33. The summed E-state index contributed by atoms with van der Waals surface area (Å²) in [7, 11) is 0. The van der Waals surface area contributed by atoms with E-state index >= 15 is 0 Å². The summed E-state index contributed by atoms with van der Waals surface area (Å²) in [5, 5.41) is 3.69. The van der Waals surface area contributed by atoms with Crippen LogP contribution in [0, 0.1) is 11.8 Å². The minimum absolute atomic E-state index is 0.880.